The van der Waals surface area contributed by atoms with Crippen LogP contribution in [0.15, 0.2) is 6.07 Å². The van der Waals surface area contributed by atoms with Crippen LogP contribution in [0.3, 0.4) is 0 Å². The molecule has 0 saturated heterocycles. The van der Waals surface area contributed by atoms with E-state index in [-0.39, 0.29) is 18.4 Å². The summed E-state index contributed by atoms with van der Waals surface area (Å²) >= 11 is 0. The number of nitrogens with zero attached hydrogens (tertiary/aromatic N) is 1. The Labute approximate surface area is 126 Å². The topological polar surface area (TPSA) is 86.9 Å². The third-order valence-corrected chi connectivity index (χ3v) is 3.21. The molecule has 0 radical (unpaired) electrons. The molecule has 2 amide bonds. The summed E-state index contributed by atoms with van der Waals surface area (Å²) in [4.78, 5) is 23.4. The zero-order valence-electron chi connectivity index (χ0n) is 13.5. The van der Waals surface area contributed by atoms with E-state index in [1.165, 1.54) is 0 Å². The molecule has 0 aliphatic heterocycles. The van der Waals surface area contributed by atoms with E-state index in [0.717, 1.165) is 18.5 Å². The molecular formula is C15H26N4O2. The van der Waals surface area contributed by atoms with Gasteiger partial charge in [0.05, 0.1) is 6.54 Å². The lowest BCUT2D eigenvalue weighted by Crippen LogP contribution is -2.39. The molecule has 0 bridgehead atoms. The highest BCUT2D eigenvalue weighted by molar-refractivity contribution is 5.94. The molecule has 1 aromatic heterocycles. The average Bonchev–Trinajstić information content (AvgIpc) is 2.83. The van der Waals surface area contributed by atoms with E-state index in [4.69, 9.17) is 0 Å². The van der Waals surface area contributed by atoms with Gasteiger partial charge in [0.25, 0.3) is 0 Å². The van der Waals surface area contributed by atoms with Gasteiger partial charge in [-0.2, -0.15) is 5.10 Å². The quantitative estimate of drug-likeness (QED) is 0.753. The molecule has 1 heterocycles. The summed E-state index contributed by atoms with van der Waals surface area (Å²) in [5.41, 5.74) is 0.501. The minimum Gasteiger partial charge on any atom is -0.347 e. The number of anilines is 1. The Morgan fingerprint density at radius 1 is 1.38 bits per heavy atom. The highest BCUT2D eigenvalue weighted by atomic mass is 16.2. The molecule has 1 aromatic rings. The van der Waals surface area contributed by atoms with Crippen molar-refractivity contribution in [3.63, 3.8) is 0 Å². The van der Waals surface area contributed by atoms with Crippen molar-refractivity contribution in [1.29, 1.82) is 0 Å². The Kier molecular flexibility index (Phi) is 5.93. The average molecular weight is 294 g/mol. The van der Waals surface area contributed by atoms with Gasteiger partial charge in [0.1, 0.15) is 0 Å². The molecule has 0 saturated carbocycles. The maximum atomic E-state index is 11.8. The van der Waals surface area contributed by atoms with E-state index in [1.807, 2.05) is 6.07 Å². The second-order valence-electron chi connectivity index (χ2n) is 6.38. The summed E-state index contributed by atoms with van der Waals surface area (Å²) in [5.74, 6) is 0.433. The lowest BCUT2D eigenvalue weighted by Gasteiger charge is -2.17. The Morgan fingerprint density at radius 2 is 2.05 bits per heavy atom. The first kappa shape index (κ1) is 17.2. The number of aromatic amines is 1. The monoisotopic (exact) mass is 294 g/mol. The fourth-order valence-corrected chi connectivity index (χ4v) is 1.85. The van der Waals surface area contributed by atoms with Crippen molar-refractivity contribution in [2.75, 3.05) is 11.9 Å². The van der Waals surface area contributed by atoms with Crippen LogP contribution in [0.1, 0.15) is 59.1 Å². The lowest BCUT2D eigenvalue weighted by atomic mass is 9.96. The number of aromatic nitrogens is 2. The number of carbonyl (C=O) groups excluding carboxylic acids is 2. The lowest BCUT2D eigenvalue weighted by molar-refractivity contribution is -0.130. The zero-order valence-corrected chi connectivity index (χ0v) is 13.5. The molecule has 1 atom stereocenters. The van der Waals surface area contributed by atoms with Gasteiger partial charge in [-0.3, -0.25) is 14.7 Å². The number of amides is 2. The standard InChI is InChI=1S/C15H26N4O2/c1-6-7-10(2)11-8-12(19-18-11)17-13(20)9-16-14(21)15(3,4)5/h8,10H,6-7,9H2,1-5H3,(H,16,21)(H2,17,18,19,20)/t10-/m1/s1. The van der Waals surface area contributed by atoms with Gasteiger partial charge in [-0.1, -0.05) is 41.0 Å². The Hall–Kier alpha value is -1.85. The molecule has 0 aliphatic rings. The fourth-order valence-electron chi connectivity index (χ4n) is 1.85. The van der Waals surface area contributed by atoms with E-state index < -0.39 is 5.41 Å². The predicted octanol–water partition coefficient (Wildman–Crippen LogP) is 2.41. The van der Waals surface area contributed by atoms with Crippen molar-refractivity contribution in [1.82, 2.24) is 15.5 Å². The molecule has 0 spiro atoms. The van der Waals surface area contributed by atoms with Crippen LogP contribution in [0.25, 0.3) is 0 Å². The van der Waals surface area contributed by atoms with Crippen LogP contribution in [-0.4, -0.2) is 28.6 Å². The summed E-state index contributed by atoms with van der Waals surface area (Å²) in [7, 11) is 0. The van der Waals surface area contributed by atoms with Gasteiger partial charge >= 0.3 is 0 Å². The number of nitrogens with one attached hydrogen (secondary N) is 3. The van der Waals surface area contributed by atoms with E-state index in [2.05, 4.69) is 34.7 Å². The highest BCUT2D eigenvalue weighted by Gasteiger charge is 2.21. The minimum absolute atomic E-state index is 0.0528. The normalized spacial score (nSPS) is 12.8. The number of rotatable bonds is 6. The van der Waals surface area contributed by atoms with Crippen LogP contribution in [0, 0.1) is 5.41 Å². The zero-order chi connectivity index (χ0) is 16.0. The van der Waals surface area contributed by atoms with Gasteiger partial charge < -0.3 is 10.6 Å². The molecule has 21 heavy (non-hydrogen) atoms. The number of hydrogen-bond donors (Lipinski definition) is 3. The van der Waals surface area contributed by atoms with Crippen LogP contribution in [0.2, 0.25) is 0 Å². The van der Waals surface area contributed by atoms with Crippen LogP contribution in [0.5, 0.6) is 0 Å². The van der Waals surface area contributed by atoms with E-state index >= 15 is 0 Å². The first-order chi connectivity index (χ1) is 9.74. The second kappa shape index (κ2) is 7.24. The van der Waals surface area contributed by atoms with E-state index in [0.29, 0.717) is 11.7 Å². The number of carbonyl (C=O) groups is 2. The summed E-state index contributed by atoms with van der Waals surface area (Å²) in [6.45, 7) is 9.60. The van der Waals surface area contributed by atoms with Crippen LogP contribution in [-0.2, 0) is 9.59 Å². The molecule has 0 aliphatic carbocycles. The van der Waals surface area contributed by atoms with Crippen LogP contribution >= 0.6 is 0 Å². The van der Waals surface area contributed by atoms with Crippen molar-refractivity contribution < 1.29 is 9.59 Å². The molecule has 1 rings (SSSR count). The van der Waals surface area contributed by atoms with Crippen LogP contribution < -0.4 is 10.6 Å². The fraction of sp³-hybridized carbons (Fsp3) is 0.667. The van der Waals surface area contributed by atoms with Crippen LogP contribution in [0.4, 0.5) is 5.82 Å². The third-order valence-electron chi connectivity index (χ3n) is 3.21. The first-order valence-electron chi connectivity index (χ1n) is 7.37. The van der Waals surface area contributed by atoms with Crippen molar-refractivity contribution in [3.8, 4) is 0 Å². The molecule has 6 heteroatoms. The summed E-state index contributed by atoms with van der Waals surface area (Å²) in [6.07, 6.45) is 2.16. The summed E-state index contributed by atoms with van der Waals surface area (Å²) in [5, 5.41) is 12.3. The van der Waals surface area contributed by atoms with Gasteiger partial charge in [0.15, 0.2) is 5.82 Å². The summed E-state index contributed by atoms with van der Waals surface area (Å²) < 4.78 is 0. The molecular weight excluding hydrogens is 268 g/mol. The van der Waals surface area contributed by atoms with Gasteiger partial charge in [-0.25, -0.2) is 0 Å². The minimum atomic E-state index is -0.505. The number of hydrogen-bond acceptors (Lipinski definition) is 3. The van der Waals surface area contributed by atoms with Crippen molar-refractivity contribution in [2.45, 2.75) is 53.4 Å². The SMILES string of the molecule is CCC[C@@H](C)c1cc(NC(=O)CNC(=O)C(C)(C)C)n[nH]1. The smallest absolute Gasteiger partial charge is 0.244 e. The third kappa shape index (κ3) is 5.57. The largest absolute Gasteiger partial charge is 0.347 e. The van der Waals surface area contributed by atoms with Gasteiger partial charge in [0.2, 0.25) is 11.8 Å². The molecule has 0 fully saturated rings. The molecule has 118 valence electrons. The molecule has 6 nitrogen and oxygen atoms in total. The van der Waals surface area contributed by atoms with Gasteiger partial charge in [-0.05, 0) is 12.3 Å². The predicted molar refractivity (Wildman–Crippen MR) is 83.0 cm³/mol. The van der Waals surface area contributed by atoms with E-state index in [9.17, 15) is 9.59 Å². The second-order valence-corrected chi connectivity index (χ2v) is 6.38. The Morgan fingerprint density at radius 3 is 2.62 bits per heavy atom. The van der Waals surface area contributed by atoms with Crippen molar-refractivity contribution in [3.05, 3.63) is 11.8 Å². The molecule has 0 aromatic carbocycles. The van der Waals surface area contributed by atoms with Crippen molar-refractivity contribution >= 4 is 17.6 Å². The Bertz CT molecular complexity index is 488. The van der Waals surface area contributed by atoms with Gasteiger partial charge in [-0.15, -0.1) is 0 Å². The number of H-pyrrole nitrogens is 1. The molecule has 0 unspecified atom stereocenters. The summed E-state index contributed by atoms with van der Waals surface area (Å²) in [6, 6.07) is 1.84. The van der Waals surface area contributed by atoms with Crippen molar-refractivity contribution in [2.24, 2.45) is 5.41 Å². The molecule has 3 N–H and O–H groups in total. The van der Waals surface area contributed by atoms with Gasteiger partial charge in [0, 0.05) is 17.2 Å². The first-order valence-corrected chi connectivity index (χ1v) is 7.37. The maximum absolute atomic E-state index is 11.8. The van der Waals surface area contributed by atoms with E-state index in [1.54, 1.807) is 20.8 Å². The Balaban J connectivity index is 2.47. The maximum Gasteiger partial charge on any atom is 0.244 e. The highest BCUT2D eigenvalue weighted by Crippen LogP contribution is 2.20.